The number of aliphatic hydroxyl groups excluding tert-OH is 1. The lowest BCUT2D eigenvalue weighted by molar-refractivity contribution is 0.0794. The lowest BCUT2D eigenvalue weighted by Gasteiger charge is -2.13. The van der Waals surface area contributed by atoms with E-state index in [0.29, 0.717) is 5.56 Å². The molecule has 1 aromatic rings. The monoisotopic (exact) mass is 280 g/mol. The van der Waals surface area contributed by atoms with E-state index < -0.39 is 19.1 Å². The molecule has 15 heavy (non-hydrogen) atoms. The van der Waals surface area contributed by atoms with Crippen LogP contribution >= 0.6 is 15.9 Å². The molecule has 0 aliphatic carbocycles. The van der Waals surface area contributed by atoms with E-state index in [1.807, 2.05) is 0 Å². The minimum absolute atomic E-state index is 0.277. The fourth-order valence-electron chi connectivity index (χ4n) is 1.13. The summed E-state index contributed by atoms with van der Waals surface area (Å²) in [5.74, 6) is 0.277. The van der Waals surface area contributed by atoms with Crippen LogP contribution in [0.5, 0.6) is 5.75 Å². The van der Waals surface area contributed by atoms with Crippen LogP contribution in [0.1, 0.15) is 18.6 Å². The zero-order valence-corrected chi connectivity index (χ0v) is 9.67. The molecule has 0 radical (unpaired) electrons. The van der Waals surface area contributed by atoms with Crippen molar-refractivity contribution in [2.24, 2.45) is 0 Å². The van der Waals surface area contributed by atoms with Gasteiger partial charge in [-0.3, -0.25) is 0 Å². The molecule has 84 valence electrons. The van der Waals surface area contributed by atoms with E-state index in [1.165, 1.54) is 0 Å². The van der Waals surface area contributed by atoms with Crippen molar-refractivity contribution >= 4 is 15.9 Å². The van der Waals surface area contributed by atoms with Crippen LogP contribution in [0.25, 0.3) is 0 Å². The van der Waals surface area contributed by atoms with Crippen molar-refractivity contribution in [1.29, 1.82) is 0 Å². The summed E-state index contributed by atoms with van der Waals surface area (Å²) in [6.07, 6.45) is -3.27. The number of halogens is 3. The van der Waals surface area contributed by atoms with E-state index in [0.717, 1.165) is 4.47 Å². The Morgan fingerprint density at radius 1 is 1.47 bits per heavy atom. The molecule has 1 aromatic carbocycles. The minimum atomic E-state index is -2.52. The van der Waals surface area contributed by atoms with Gasteiger partial charge in [-0.25, -0.2) is 8.78 Å². The van der Waals surface area contributed by atoms with Crippen molar-refractivity contribution in [1.82, 2.24) is 0 Å². The number of benzene rings is 1. The SMILES string of the molecule is C[C@@H](O)c1ccc(Br)cc1OCC(F)F. The molecular weight excluding hydrogens is 270 g/mol. The minimum Gasteiger partial charge on any atom is -0.487 e. The number of rotatable bonds is 4. The van der Waals surface area contributed by atoms with Gasteiger partial charge in [-0.2, -0.15) is 0 Å². The smallest absolute Gasteiger partial charge is 0.272 e. The van der Waals surface area contributed by atoms with Crippen LogP contribution < -0.4 is 4.74 Å². The molecule has 5 heteroatoms. The van der Waals surface area contributed by atoms with E-state index in [-0.39, 0.29) is 5.75 Å². The van der Waals surface area contributed by atoms with Gasteiger partial charge in [0, 0.05) is 10.0 Å². The Labute approximate surface area is 95.0 Å². The average Bonchev–Trinajstić information content (AvgIpc) is 2.14. The van der Waals surface area contributed by atoms with Crippen LogP contribution in [0.4, 0.5) is 8.78 Å². The van der Waals surface area contributed by atoms with Crippen molar-refractivity contribution in [2.75, 3.05) is 6.61 Å². The Morgan fingerprint density at radius 3 is 2.67 bits per heavy atom. The fourth-order valence-corrected chi connectivity index (χ4v) is 1.47. The zero-order chi connectivity index (χ0) is 11.4. The molecule has 2 nitrogen and oxygen atoms in total. The van der Waals surface area contributed by atoms with Gasteiger partial charge in [0.25, 0.3) is 6.43 Å². The molecule has 0 saturated carbocycles. The third-order valence-electron chi connectivity index (χ3n) is 1.79. The lowest BCUT2D eigenvalue weighted by Crippen LogP contribution is -2.09. The standard InChI is InChI=1S/C10H11BrF2O2/c1-6(14)8-3-2-7(11)4-9(8)15-5-10(12)13/h2-4,6,10,14H,5H2,1H3/t6-/m1/s1. The molecule has 1 atom stereocenters. The maximum atomic E-state index is 12.0. The summed E-state index contributed by atoms with van der Waals surface area (Å²) in [6.45, 7) is 0.884. The van der Waals surface area contributed by atoms with Crippen molar-refractivity contribution in [2.45, 2.75) is 19.5 Å². The van der Waals surface area contributed by atoms with Crippen LogP contribution in [0.15, 0.2) is 22.7 Å². The third-order valence-corrected chi connectivity index (χ3v) is 2.28. The number of alkyl halides is 2. The van der Waals surface area contributed by atoms with Crippen LogP contribution in [0.3, 0.4) is 0 Å². The Morgan fingerprint density at radius 2 is 2.13 bits per heavy atom. The number of hydrogen-bond donors (Lipinski definition) is 1. The molecule has 1 N–H and O–H groups in total. The molecule has 0 amide bonds. The Balaban J connectivity index is 2.87. The summed E-state index contributed by atoms with van der Waals surface area (Å²) < 4.78 is 29.5. The summed E-state index contributed by atoms with van der Waals surface area (Å²) in [5.41, 5.74) is 0.499. The van der Waals surface area contributed by atoms with E-state index in [4.69, 9.17) is 4.74 Å². The second-order valence-corrected chi connectivity index (χ2v) is 3.98. The molecule has 0 heterocycles. The first kappa shape index (κ1) is 12.4. The maximum Gasteiger partial charge on any atom is 0.272 e. The molecule has 0 saturated heterocycles. The predicted octanol–water partition coefficient (Wildman–Crippen LogP) is 3.15. The molecule has 0 unspecified atom stereocenters. The van der Waals surface area contributed by atoms with Crippen LogP contribution in [-0.2, 0) is 0 Å². The summed E-state index contributed by atoms with van der Waals surface area (Å²) in [4.78, 5) is 0. The number of aliphatic hydroxyl groups is 1. The first-order chi connectivity index (χ1) is 7.00. The molecule has 0 bridgehead atoms. The summed E-state index contributed by atoms with van der Waals surface area (Å²) in [7, 11) is 0. The van der Waals surface area contributed by atoms with E-state index >= 15 is 0 Å². The normalized spacial score (nSPS) is 12.9. The van der Waals surface area contributed by atoms with Crippen molar-refractivity contribution in [3.63, 3.8) is 0 Å². The van der Waals surface area contributed by atoms with Crippen LogP contribution in [0, 0.1) is 0 Å². The van der Waals surface area contributed by atoms with Crippen LogP contribution in [-0.4, -0.2) is 18.1 Å². The second kappa shape index (κ2) is 5.42. The van der Waals surface area contributed by atoms with Gasteiger partial charge in [0.2, 0.25) is 0 Å². The Kier molecular flexibility index (Phi) is 4.47. The molecule has 0 fully saturated rings. The van der Waals surface area contributed by atoms with Gasteiger partial charge in [0.15, 0.2) is 0 Å². The molecule has 0 spiro atoms. The Hall–Kier alpha value is -0.680. The van der Waals surface area contributed by atoms with Gasteiger partial charge >= 0.3 is 0 Å². The fraction of sp³-hybridized carbons (Fsp3) is 0.400. The van der Waals surface area contributed by atoms with E-state index in [9.17, 15) is 13.9 Å². The van der Waals surface area contributed by atoms with Gasteiger partial charge in [-0.15, -0.1) is 0 Å². The average molecular weight is 281 g/mol. The first-order valence-electron chi connectivity index (χ1n) is 4.39. The summed E-state index contributed by atoms with van der Waals surface area (Å²) in [6, 6.07) is 4.91. The van der Waals surface area contributed by atoms with E-state index in [2.05, 4.69) is 15.9 Å². The number of ether oxygens (including phenoxy) is 1. The predicted molar refractivity (Wildman–Crippen MR) is 56.3 cm³/mol. The molecule has 1 rings (SSSR count). The highest BCUT2D eigenvalue weighted by Crippen LogP contribution is 2.28. The van der Waals surface area contributed by atoms with Crippen molar-refractivity contribution in [3.05, 3.63) is 28.2 Å². The zero-order valence-electron chi connectivity index (χ0n) is 8.08. The molecule has 0 aromatic heterocycles. The molecular formula is C10H11BrF2O2. The molecule has 0 aliphatic heterocycles. The number of hydrogen-bond acceptors (Lipinski definition) is 2. The van der Waals surface area contributed by atoms with Gasteiger partial charge in [0.05, 0.1) is 6.10 Å². The summed E-state index contributed by atoms with van der Waals surface area (Å²) >= 11 is 3.20. The largest absolute Gasteiger partial charge is 0.487 e. The van der Waals surface area contributed by atoms with Gasteiger partial charge in [-0.1, -0.05) is 22.0 Å². The highest BCUT2D eigenvalue weighted by molar-refractivity contribution is 9.10. The quantitative estimate of drug-likeness (QED) is 0.918. The van der Waals surface area contributed by atoms with Gasteiger partial charge < -0.3 is 9.84 Å². The Bertz CT molecular complexity index is 329. The maximum absolute atomic E-state index is 12.0. The topological polar surface area (TPSA) is 29.5 Å². The summed E-state index contributed by atoms with van der Waals surface area (Å²) in [5, 5.41) is 9.38. The molecule has 0 aliphatic rings. The third kappa shape index (κ3) is 3.76. The van der Waals surface area contributed by atoms with Crippen molar-refractivity contribution < 1.29 is 18.6 Å². The van der Waals surface area contributed by atoms with Crippen LogP contribution in [0.2, 0.25) is 0 Å². The van der Waals surface area contributed by atoms with Gasteiger partial charge in [-0.05, 0) is 19.1 Å². The highest BCUT2D eigenvalue weighted by atomic mass is 79.9. The van der Waals surface area contributed by atoms with E-state index in [1.54, 1.807) is 25.1 Å². The van der Waals surface area contributed by atoms with Gasteiger partial charge in [0.1, 0.15) is 12.4 Å². The highest BCUT2D eigenvalue weighted by Gasteiger charge is 2.11. The first-order valence-corrected chi connectivity index (χ1v) is 5.18. The lowest BCUT2D eigenvalue weighted by atomic mass is 10.1. The second-order valence-electron chi connectivity index (χ2n) is 3.06. The van der Waals surface area contributed by atoms with Crippen molar-refractivity contribution in [3.8, 4) is 5.75 Å².